The molecule has 3 rings (SSSR count). The lowest BCUT2D eigenvalue weighted by Gasteiger charge is -2.31. The highest BCUT2D eigenvalue weighted by molar-refractivity contribution is 7.89. The number of nitrogens with zero attached hydrogens (tertiary/aromatic N) is 1. The molecule has 2 aliphatic heterocycles. The van der Waals surface area contributed by atoms with Crippen LogP contribution in [0.25, 0.3) is 0 Å². The van der Waals surface area contributed by atoms with Gasteiger partial charge in [-0.15, -0.1) is 0 Å². The summed E-state index contributed by atoms with van der Waals surface area (Å²) in [6.07, 6.45) is 2.36. The Balaban J connectivity index is 1.55. The third-order valence-corrected chi connectivity index (χ3v) is 6.85. The lowest BCUT2D eigenvalue weighted by atomic mass is 9.98. The maximum Gasteiger partial charge on any atom is 0.309 e. The van der Waals surface area contributed by atoms with Crippen LogP contribution < -0.4 is 4.74 Å². The van der Waals surface area contributed by atoms with E-state index < -0.39 is 10.0 Å². The Morgan fingerprint density at radius 3 is 2.27 bits per heavy atom. The zero-order valence-corrected chi connectivity index (χ0v) is 15.7. The minimum absolute atomic E-state index is 0.0719. The zero-order chi connectivity index (χ0) is 18.6. The number of hydrogen-bond acceptors (Lipinski definition) is 6. The van der Waals surface area contributed by atoms with Crippen LogP contribution in [0.15, 0.2) is 29.2 Å². The van der Waals surface area contributed by atoms with Crippen molar-refractivity contribution < 1.29 is 27.4 Å². The van der Waals surface area contributed by atoms with Gasteiger partial charge in [-0.1, -0.05) is 0 Å². The van der Waals surface area contributed by atoms with E-state index in [-0.39, 0.29) is 22.9 Å². The highest BCUT2D eigenvalue weighted by Gasteiger charge is 2.33. The number of ether oxygens (including phenoxy) is 3. The maximum atomic E-state index is 12.7. The molecule has 0 atom stereocenters. The van der Waals surface area contributed by atoms with Gasteiger partial charge >= 0.3 is 5.97 Å². The van der Waals surface area contributed by atoms with Gasteiger partial charge in [0.05, 0.1) is 31.1 Å². The van der Waals surface area contributed by atoms with Crippen molar-refractivity contribution in [1.82, 2.24) is 4.31 Å². The molecule has 0 N–H and O–H groups in total. The van der Waals surface area contributed by atoms with E-state index in [4.69, 9.17) is 14.2 Å². The number of piperidine rings is 1. The Labute approximate surface area is 154 Å². The van der Waals surface area contributed by atoms with Gasteiger partial charge < -0.3 is 14.2 Å². The Kier molecular flexibility index (Phi) is 6.16. The van der Waals surface area contributed by atoms with Crippen LogP contribution in [0.4, 0.5) is 0 Å². The van der Waals surface area contributed by atoms with Crippen LogP contribution >= 0.6 is 0 Å². The monoisotopic (exact) mass is 383 g/mol. The van der Waals surface area contributed by atoms with Crippen LogP contribution in [0.1, 0.15) is 25.7 Å². The first-order valence-corrected chi connectivity index (χ1v) is 10.4. The predicted octanol–water partition coefficient (Wildman–Crippen LogP) is 1.82. The van der Waals surface area contributed by atoms with Crippen molar-refractivity contribution in [2.24, 2.45) is 5.92 Å². The molecule has 2 saturated heterocycles. The topological polar surface area (TPSA) is 82.1 Å². The fraction of sp³-hybridized carbons (Fsp3) is 0.611. The SMILES string of the molecule is COc1ccc(S(=O)(=O)N2CCC(C(=O)OC3CCOCC3)CC2)cc1. The lowest BCUT2D eigenvalue weighted by Crippen LogP contribution is -2.41. The number of rotatable bonds is 5. The number of benzene rings is 1. The van der Waals surface area contributed by atoms with Crippen molar-refractivity contribution >= 4 is 16.0 Å². The first kappa shape index (κ1) is 19.1. The van der Waals surface area contributed by atoms with Crippen LogP contribution in [-0.2, 0) is 24.3 Å². The molecule has 0 spiro atoms. The predicted molar refractivity (Wildman–Crippen MR) is 94.4 cm³/mol. The highest BCUT2D eigenvalue weighted by atomic mass is 32.2. The first-order chi connectivity index (χ1) is 12.5. The number of sulfonamides is 1. The molecule has 1 aromatic rings. The smallest absolute Gasteiger partial charge is 0.309 e. The fourth-order valence-electron chi connectivity index (χ4n) is 3.28. The van der Waals surface area contributed by atoms with Crippen molar-refractivity contribution in [1.29, 1.82) is 0 Å². The number of methoxy groups -OCH3 is 1. The van der Waals surface area contributed by atoms with Crippen molar-refractivity contribution in [2.45, 2.75) is 36.7 Å². The minimum atomic E-state index is -3.55. The quantitative estimate of drug-likeness (QED) is 0.722. The van der Waals surface area contributed by atoms with E-state index in [0.29, 0.717) is 44.9 Å². The molecule has 7 nitrogen and oxygen atoms in total. The molecule has 144 valence electrons. The average molecular weight is 383 g/mol. The van der Waals surface area contributed by atoms with Crippen LogP contribution in [-0.4, -0.2) is 58.2 Å². The molecule has 0 aliphatic carbocycles. The van der Waals surface area contributed by atoms with Gasteiger partial charge in [0.15, 0.2) is 0 Å². The summed E-state index contributed by atoms with van der Waals surface area (Å²) in [5.41, 5.74) is 0. The number of hydrogen-bond donors (Lipinski definition) is 0. The van der Waals surface area contributed by atoms with Crippen LogP contribution in [0.3, 0.4) is 0 Å². The normalized spacial score (nSPS) is 20.7. The summed E-state index contributed by atoms with van der Waals surface area (Å²) in [6, 6.07) is 6.34. The minimum Gasteiger partial charge on any atom is -0.497 e. The Morgan fingerprint density at radius 2 is 1.69 bits per heavy atom. The summed E-state index contributed by atoms with van der Waals surface area (Å²) in [7, 11) is -2.02. The fourth-order valence-corrected chi connectivity index (χ4v) is 4.75. The lowest BCUT2D eigenvalue weighted by molar-refractivity contribution is -0.159. The molecule has 0 aromatic heterocycles. The van der Waals surface area contributed by atoms with E-state index in [2.05, 4.69) is 0 Å². The third kappa shape index (κ3) is 4.36. The van der Waals surface area contributed by atoms with E-state index >= 15 is 0 Å². The largest absolute Gasteiger partial charge is 0.497 e. The van der Waals surface area contributed by atoms with Crippen molar-refractivity contribution in [3.8, 4) is 5.75 Å². The molecular weight excluding hydrogens is 358 g/mol. The molecule has 2 aliphatic rings. The van der Waals surface area contributed by atoms with Crippen LogP contribution in [0.5, 0.6) is 5.75 Å². The molecule has 0 bridgehead atoms. The van der Waals surface area contributed by atoms with E-state index in [1.807, 2.05) is 0 Å². The molecule has 2 heterocycles. The second-order valence-corrected chi connectivity index (χ2v) is 8.54. The Morgan fingerprint density at radius 1 is 1.08 bits per heavy atom. The second kappa shape index (κ2) is 8.37. The van der Waals surface area contributed by atoms with Gasteiger partial charge in [-0.05, 0) is 37.1 Å². The average Bonchev–Trinajstić information content (AvgIpc) is 2.69. The van der Waals surface area contributed by atoms with Gasteiger partial charge in [0, 0.05) is 25.9 Å². The molecule has 0 unspecified atom stereocenters. The molecule has 0 amide bonds. The molecule has 26 heavy (non-hydrogen) atoms. The summed E-state index contributed by atoms with van der Waals surface area (Å²) >= 11 is 0. The Hall–Kier alpha value is -1.64. The van der Waals surface area contributed by atoms with Gasteiger partial charge in [-0.3, -0.25) is 4.79 Å². The van der Waals surface area contributed by atoms with Crippen LogP contribution in [0, 0.1) is 5.92 Å². The number of carbonyl (C=O) groups is 1. The zero-order valence-electron chi connectivity index (χ0n) is 14.9. The second-order valence-electron chi connectivity index (χ2n) is 6.60. The van der Waals surface area contributed by atoms with Gasteiger partial charge in [-0.2, -0.15) is 4.31 Å². The molecule has 0 saturated carbocycles. The first-order valence-electron chi connectivity index (χ1n) is 8.93. The van der Waals surface area contributed by atoms with Crippen LogP contribution in [0.2, 0.25) is 0 Å². The summed E-state index contributed by atoms with van der Waals surface area (Å²) in [4.78, 5) is 12.6. The van der Waals surface area contributed by atoms with E-state index in [1.54, 1.807) is 24.3 Å². The molecular formula is C18H25NO6S. The van der Waals surface area contributed by atoms with E-state index in [1.165, 1.54) is 11.4 Å². The van der Waals surface area contributed by atoms with Gasteiger partial charge in [-0.25, -0.2) is 8.42 Å². The van der Waals surface area contributed by atoms with Crippen molar-refractivity contribution in [2.75, 3.05) is 33.4 Å². The molecule has 0 radical (unpaired) electrons. The third-order valence-electron chi connectivity index (χ3n) is 4.94. The van der Waals surface area contributed by atoms with Gasteiger partial charge in [0.25, 0.3) is 0 Å². The number of carbonyl (C=O) groups excluding carboxylic acids is 1. The molecule has 8 heteroatoms. The summed E-state index contributed by atoms with van der Waals surface area (Å²) in [5, 5.41) is 0. The van der Waals surface area contributed by atoms with E-state index in [9.17, 15) is 13.2 Å². The van der Waals surface area contributed by atoms with Gasteiger partial charge in [0.1, 0.15) is 11.9 Å². The summed E-state index contributed by atoms with van der Waals surface area (Å²) in [5.74, 6) is 0.164. The van der Waals surface area contributed by atoms with E-state index in [0.717, 1.165) is 12.8 Å². The summed E-state index contributed by atoms with van der Waals surface area (Å²) in [6.45, 7) is 1.89. The van der Waals surface area contributed by atoms with Crippen molar-refractivity contribution in [3.05, 3.63) is 24.3 Å². The molecule has 2 fully saturated rings. The standard InChI is InChI=1S/C18H25NO6S/c1-23-15-2-4-17(5-3-15)26(21,22)19-10-6-14(7-11-19)18(20)25-16-8-12-24-13-9-16/h2-5,14,16H,6-13H2,1H3. The van der Waals surface area contributed by atoms with Gasteiger partial charge in [0.2, 0.25) is 10.0 Å². The Bertz CT molecular complexity index is 704. The highest BCUT2D eigenvalue weighted by Crippen LogP contribution is 2.26. The number of esters is 1. The van der Waals surface area contributed by atoms with Crippen molar-refractivity contribution in [3.63, 3.8) is 0 Å². The molecule has 1 aromatic carbocycles. The summed E-state index contributed by atoms with van der Waals surface area (Å²) < 4.78 is 42.8. The maximum absolute atomic E-state index is 12.7.